The first-order valence-corrected chi connectivity index (χ1v) is 14.2. The highest BCUT2D eigenvalue weighted by atomic mass is 16.5. The number of ketones is 1. The van der Waals surface area contributed by atoms with Crippen molar-refractivity contribution in [1.82, 2.24) is 4.90 Å². The average molecular weight is 554 g/mol. The van der Waals surface area contributed by atoms with Gasteiger partial charge in [0, 0.05) is 35.8 Å². The predicted octanol–water partition coefficient (Wildman–Crippen LogP) is 3.04. The van der Waals surface area contributed by atoms with Crippen LogP contribution in [0.25, 0.3) is 0 Å². The Balaban J connectivity index is 1.51. The molecule has 3 fully saturated rings. The van der Waals surface area contributed by atoms with Crippen LogP contribution in [0, 0.1) is 28.1 Å². The van der Waals surface area contributed by atoms with Gasteiger partial charge >= 0.3 is 5.97 Å². The maximum absolute atomic E-state index is 14.1. The van der Waals surface area contributed by atoms with Crippen molar-refractivity contribution in [3.63, 3.8) is 0 Å². The highest BCUT2D eigenvalue weighted by Crippen LogP contribution is 2.70. The number of morpholine rings is 1. The number of furan rings is 1. The largest absolute Gasteiger partial charge is 0.472 e. The molecule has 0 aromatic carbocycles. The lowest BCUT2D eigenvalue weighted by Gasteiger charge is -2.62. The standard InChI is InChI=1S/C31H39NO8/c1-17-19(18-7-11-39-16-18)14-20-24(17)31(4)21(15-23(34)37-5)30(3)22(33)6-8-29(2,26(30)25(35)27(31)40-20)28(36)32-9-12-38-13-10-32/h6-8,11,16,19-21,25-27,35H,9-10,12-15H2,1-5H3/t19-,20-,21-,25?,26?,27-,29-,30+,31-/m1/s1. The molecule has 2 unspecified atom stereocenters. The Morgan fingerprint density at radius 3 is 2.55 bits per heavy atom. The number of carbonyl (C=O) groups excluding carboxylic acids is 3. The smallest absolute Gasteiger partial charge is 0.305 e. The maximum Gasteiger partial charge on any atom is 0.305 e. The number of hydrogen-bond acceptors (Lipinski definition) is 8. The molecule has 1 amide bonds. The van der Waals surface area contributed by atoms with E-state index in [2.05, 4.69) is 6.92 Å². The Morgan fingerprint density at radius 1 is 1.18 bits per heavy atom. The van der Waals surface area contributed by atoms with Crippen LogP contribution in [-0.4, -0.2) is 79.4 Å². The fourth-order valence-corrected chi connectivity index (χ4v) is 9.19. The molecule has 216 valence electrons. The molecule has 9 nitrogen and oxygen atoms in total. The molecule has 0 spiro atoms. The van der Waals surface area contributed by atoms with Gasteiger partial charge in [-0.1, -0.05) is 25.5 Å². The van der Waals surface area contributed by atoms with Crippen LogP contribution in [0.3, 0.4) is 0 Å². The van der Waals surface area contributed by atoms with E-state index in [4.69, 9.17) is 18.6 Å². The molecule has 0 bridgehead atoms. The molecule has 3 aliphatic carbocycles. The van der Waals surface area contributed by atoms with Crippen molar-refractivity contribution < 1.29 is 38.1 Å². The Labute approximate surface area is 234 Å². The van der Waals surface area contributed by atoms with Crippen LogP contribution in [-0.2, 0) is 28.6 Å². The molecule has 2 saturated heterocycles. The lowest BCUT2D eigenvalue weighted by Crippen LogP contribution is -2.70. The van der Waals surface area contributed by atoms with E-state index in [-0.39, 0.29) is 30.1 Å². The summed E-state index contributed by atoms with van der Waals surface area (Å²) in [5.41, 5.74) is -0.0435. The van der Waals surface area contributed by atoms with Gasteiger partial charge in [0.1, 0.15) is 0 Å². The van der Waals surface area contributed by atoms with Gasteiger partial charge in [-0.05, 0) is 49.5 Å². The van der Waals surface area contributed by atoms with Crippen LogP contribution in [0.2, 0.25) is 0 Å². The second-order valence-electron chi connectivity index (χ2n) is 12.7. The molecule has 3 heterocycles. The monoisotopic (exact) mass is 553 g/mol. The number of ether oxygens (including phenoxy) is 3. The third-order valence-electron chi connectivity index (χ3n) is 11.0. The molecule has 40 heavy (non-hydrogen) atoms. The van der Waals surface area contributed by atoms with Gasteiger partial charge < -0.3 is 28.6 Å². The summed E-state index contributed by atoms with van der Waals surface area (Å²) in [6, 6.07) is 1.95. The van der Waals surface area contributed by atoms with Crippen molar-refractivity contribution in [2.75, 3.05) is 33.4 Å². The van der Waals surface area contributed by atoms with E-state index in [0.29, 0.717) is 32.7 Å². The van der Waals surface area contributed by atoms with Gasteiger partial charge in [-0.15, -0.1) is 0 Å². The van der Waals surface area contributed by atoms with E-state index in [1.807, 2.05) is 26.8 Å². The van der Waals surface area contributed by atoms with E-state index in [0.717, 1.165) is 16.7 Å². The minimum atomic E-state index is -1.23. The zero-order valence-corrected chi connectivity index (χ0v) is 23.8. The number of methoxy groups -OCH3 is 1. The molecule has 9 heteroatoms. The quantitative estimate of drug-likeness (QED) is 0.447. The Morgan fingerprint density at radius 2 is 1.90 bits per heavy atom. The predicted molar refractivity (Wildman–Crippen MR) is 143 cm³/mol. The first-order valence-electron chi connectivity index (χ1n) is 14.2. The molecule has 5 aliphatic rings. The summed E-state index contributed by atoms with van der Waals surface area (Å²) in [6.07, 6.45) is 5.11. The van der Waals surface area contributed by atoms with Crippen molar-refractivity contribution in [1.29, 1.82) is 0 Å². The molecule has 6 rings (SSSR count). The Kier molecular flexibility index (Phi) is 6.44. The normalized spacial score (nSPS) is 42.5. The SMILES string of the molecule is COC(=O)C[C@H]1[C@]2(C)C3=C(C)[C@H](c4ccoc4)C[C@H]3O[C@@H]2C(O)C2[C@](C)(C(=O)N3CCOCC3)C=CC(=O)[C@@]21C. The first-order chi connectivity index (χ1) is 19.0. The average Bonchev–Trinajstić information content (AvgIpc) is 3.66. The van der Waals surface area contributed by atoms with E-state index in [9.17, 15) is 19.5 Å². The maximum atomic E-state index is 14.1. The summed E-state index contributed by atoms with van der Waals surface area (Å²) >= 11 is 0. The van der Waals surface area contributed by atoms with Crippen LogP contribution in [0.1, 0.15) is 52.0 Å². The minimum Gasteiger partial charge on any atom is -0.472 e. The van der Waals surface area contributed by atoms with Gasteiger partial charge in [-0.2, -0.15) is 0 Å². The second-order valence-corrected chi connectivity index (χ2v) is 12.7. The van der Waals surface area contributed by atoms with Gasteiger partial charge in [0.15, 0.2) is 5.78 Å². The third kappa shape index (κ3) is 3.53. The van der Waals surface area contributed by atoms with Gasteiger partial charge in [0.05, 0.1) is 63.0 Å². The molecule has 1 N–H and O–H groups in total. The number of fused-ring (bicyclic) bond motifs is 4. The fourth-order valence-electron chi connectivity index (χ4n) is 9.19. The number of aliphatic hydroxyl groups excluding tert-OH is 1. The lowest BCUT2D eigenvalue weighted by molar-refractivity contribution is -0.214. The van der Waals surface area contributed by atoms with Crippen LogP contribution in [0.5, 0.6) is 0 Å². The van der Waals surface area contributed by atoms with Gasteiger partial charge in [-0.25, -0.2) is 0 Å². The summed E-state index contributed by atoms with van der Waals surface area (Å²) in [4.78, 5) is 43.0. The Hall–Kier alpha value is -2.75. The topological polar surface area (TPSA) is 116 Å². The van der Waals surface area contributed by atoms with Crippen molar-refractivity contribution in [2.45, 2.75) is 64.8 Å². The molecule has 0 radical (unpaired) electrons. The minimum absolute atomic E-state index is 0.0339. The second kappa shape index (κ2) is 9.39. The fraction of sp³-hybridized carbons (Fsp3) is 0.645. The molecule has 1 aromatic rings. The molecular weight excluding hydrogens is 514 g/mol. The Bertz CT molecular complexity index is 1280. The molecule has 9 atom stereocenters. The number of amides is 1. The highest BCUT2D eigenvalue weighted by molar-refractivity contribution is 6.00. The van der Waals surface area contributed by atoms with E-state index in [1.165, 1.54) is 13.2 Å². The summed E-state index contributed by atoms with van der Waals surface area (Å²) in [7, 11) is 1.34. The third-order valence-corrected chi connectivity index (χ3v) is 11.0. The van der Waals surface area contributed by atoms with Crippen LogP contribution >= 0.6 is 0 Å². The number of allylic oxidation sites excluding steroid dienone is 2. The first kappa shape index (κ1) is 27.4. The van der Waals surface area contributed by atoms with Crippen molar-refractivity contribution in [2.24, 2.45) is 28.1 Å². The van der Waals surface area contributed by atoms with Crippen molar-refractivity contribution in [3.8, 4) is 0 Å². The number of rotatable bonds is 4. The molecular formula is C31H39NO8. The number of aliphatic hydroxyl groups is 1. The number of esters is 1. The molecule has 1 aromatic heterocycles. The van der Waals surface area contributed by atoms with Crippen molar-refractivity contribution >= 4 is 17.7 Å². The zero-order valence-electron chi connectivity index (χ0n) is 23.8. The van der Waals surface area contributed by atoms with Crippen LogP contribution < -0.4 is 0 Å². The lowest BCUT2D eigenvalue weighted by atomic mass is 9.41. The number of nitrogens with zero attached hydrogens (tertiary/aromatic N) is 1. The summed E-state index contributed by atoms with van der Waals surface area (Å²) in [5.74, 6) is -2.07. The van der Waals surface area contributed by atoms with Gasteiger partial charge in [0.2, 0.25) is 5.91 Å². The zero-order chi connectivity index (χ0) is 28.6. The number of hydrogen-bond donors (Lipinski definition) is 1. The molecule has 2 aliphatic heterocycles. The number of carbonyl (C=O) groups is 3. The van der Waals surface area contributed by atoms with Crippen molar-refractivity contribution in [3.05, 3.63) is 47.5 Å². The summed E-state index contributed by atoms with van der Waals surface area (Å²) in [5, 5.41) is 12.2. The van der Waals surface area contributed by atoms with Gasteiger partial charge in [-0.3, -0.25) is 14.4 Å². The van der Waals surface area contributed by atoms with Crippen LogP contribution in [0.4, 0.5) is 0 Å². The molecule has 1 saturated carbocycles. The van der Waals surface area contributed by atoms with E-state index >= 15 is 0 Å². The van der Waals surface area contributed by atoms with Crippen LogP contribution in [0.15, 0.2) is 46.3 Å². The summed E-state index contributed by atoms with van der Waals surface area (Å²) < 4.78 is 22.7. The van der Waals surface area contributed by atoms with Gasteiger partial charge in [0.25, 0.3) is 0 Å². The van der Waals surface area contributed by atoms with E-state index < -0.39 is 46.3 Å². The highest BCUT2D eigenvalue weighted by Gasteiger charge is 2.74. The van der Waals surface area contributed by atoms with E-state index in [1.54, 1.807) is 23.5 Å². The summed E-state index contributed by atoms with van der Waals surface area (Å²) in [6.45, 7) is 9.53.